The average Bonchev–Trinajstić information content (AvgIpc) is 2.63. The van der Waals surface area contributed by atoms with E-state index in [-0.39, 0.29) is 11.7 Å². The lowest BCUT2D eigenvalue weighted by Crippen LogP contribution is -2.56. The van der Waals surface area contributed by atoms with Gasteiger partial charge in [-0.15, -0.1) is 0 Å². The van der Waals surface area contributed by atoms with E-state index in [1.54, 1.807) is 11.8 Å². The fourth-order valence-corrected chi connectivity index (χ4v) is 4.12. The number of piperazine rings is 1. The number of benzene rings is 1. The standard InChI is InChI=1S/C18H26FN3OS/c1-24-14-18(23)22-8-2-3-17(13-22)21-11-9-20(10-12-21)16-6-4-15(19)5-7-16/h4-7,17H,2-3,8-14H2,1H3/t17-/m0/s1. The van der Waals surface area contributed by atoms with Crippen LogP contribution < -0.4 is 4.90 Å². The Morgan fingerprint density at radius 2 is 1.88 bits per heavy atom. The van der Waals surface area contributed by atoms with Crippen LogP contribution in [0.1, 0.15) is 12.8 Å². The zero-order valence-electron chi connectivity index (χ0n) is 14.3. The van der Waals surface area contributed by atoms with Gasteiger partial charge in [-0.05, 0) is 43.4 Å². The second-order valence-electron chi connectivity index (χ2n) is 6.57. The van der Waals surface area contributed by atoms with Crippen molar-refractivity contribution in [1.82, 2.24) is 9.80 Å². The predicted molar refractivity (Wildman–Crippen MR) is 98.2 cm³/mol. The molecule has 0 radical (unpaired) electrons. The monoisotopic (exact) mass is 351 g/mol. The van der Waals surface area contributed by atoms with E-state index in [4.69, 9.17) is 0 Å². The Labute approximate surface area is 148 Å². The summed E-state index contributed by atoms with van der Waals surface area (Å²) in [4.78, 5) is 19.0. The summed E-state index contributed by atoms with van der Waals surface area (Å²) < 4.78 is 13.1. The van der Waals surface area contributed by atoms with Crippen molar-refractivity contribution in [1.29, 1.82) is 0 Å². The van der Waals surface area contributed by atoms with Gasteiger partial charge in [0.2, 0.25) is 5.91 Å². The summed E-state index contributed by atoms with van der Waals surface area (Å²) in [6.45, 7) is 5.71. The second-order valence-corrected chi connectivity index (χ2v) is 7.43. The molecule has 0 spiro atoms. The minimum absolute atomic E-state index is 0.186. The molecule has 1 aromatic carbocycles. The van der Waals surface area contributed by atoms with Gasteiger partial charge in [-0.1, -0.05) is 0 Å². The quantitative estimate of drug-likeness (QED) is 0.832. The first kappa shape index (κ1) is 17.5. The van der Waals surface area contributed by atoms with Crippen LogP contribution in [-0.2, 0) is 4.79 Å². The van der Waals surface area contributed by atoms with Gasteiger partial charge < -0.3 is 9.80 Å². The van der Waals surface area contributed by atoms with Crippen molar-refractivity contribution < 1.29 is 9.18 Å². The summed E-state index contributed by atoms with van der Waals surface area (Å²) in [5, 5.41) is 0. The number of hydrogen-bond acceptors (Lipinski definition) is 4. The topological polar surface area (TPSA) is 26.8 Å². The number of likely N-dealkylation sites (tertiary alicyclic amines) is 1. The van der Waals surface area contributed by atoms with Crippen LogP contribution in [0.5, 0.6) is 0 Å². The van der Waals surface area contributed by atoms with Gasteiger partial charge in [-0.25, -0.2) is 4.39 Å². The molecule has 0 aromatic heterocycles. The van der Waals surface area contributed by atoms with Crippen molar-refractivity contribution in [2.45, 2.75) is 18.9 Å². The van der Waals surface area contributed by atoms with E-state index in [9.17, 15) is 9.18 Å². The highest BCUT2D eigenvalue weighted by molar-refractivity contribution is 7.99. The number of nitrogens with zero attached hydrogens (tertiary/aromatic N) is 3. The van der Waals surface area contributed by atoms with Crippen molar-refractivity contribution in [3.05, 3.63) is 30.1 Å². The molecule has 0 bridgehead atoms. The Morgan fingerprint density at radius 1 is 1.17 bits per heavy atom. The molecule has 6 heteroatoms. The molecule has 2 heterocycles. The molecule has 2 saturated heterocycles. The maximum Gasteiger partial charge on any atom is 0.232 e. The predicted octanol–water partition coefficient (Wildman–Crippen LogP) is 2.30. The van der Waals surface area contributed by atoms with Gasteiger partial charge >= 0.3 is 0 Å². The smallest absolute Gasteiger partial charge is 0.232 e. The van der Waals surface area contributed by atoms with E-state index >= 15 is 0 Å². The number of rotatable bonds is 4. The molecule has 132 valence electrons. The molecule has 4 nitrogen and oxygen atoms in total. The average molecular weight is 351 g/mol. The third-order valence-electron chi connectivity index (χ3n) is 5.04. The van der Waals surface area contributed by atoms with Crippen molar-refractivity contribution in [3.8, 4) is 0 Å². The summed E-state index contributed by atoms with van der Waals surface area (Å²) >= 11 is 1.60. The van der Waals surface area contributed by atoms with Crippen molar-refractivity contribution in [2.75, 3.05) is 56.2 Å². The summed E-state index contributed by atoms with van der Waals surface area (Å²) in [5.41, 5.74) is 1.09. The lowest BCUT2D eigenvalue weighted by atomic mass is 10.0. The number of piperidine rings is 1. The largest absolute Gasteiger partial charge is 0.369 e. The molecule has 0 aliphatic carbocycles. The second kappa shape index (κ2) is 8.21. The molecule has 0 unspecified atom stereocenters. The van der Waals surface area contributed by atoms with E-state index in [0.717, 1.165) is 51.4 Å². The van der Waals surface area contributed by atoms with Crippen molar-refractivity contribution in [2.24, 2.45) is 0 Å². The SMILES string of the molecule is CSCC(=O)N1CCC[C@H](N2CCN(c3ccc(F)cc3)CC2)C1. The van der Waals surface area contributed by atoms with Crippen LogP contribution in [0.3, 0.4) is 0 Å². The number of amides is 1. The normalized spacial score (nSPS) is 22.7. The third-order valence-corrected chi connectivity index (χ3v) is 5.58. The third kappa shape index (κ3) is 4.22. The molecular weight excluding hydrogens is 325 g/mol. The van der Waals surface area contributed by atoms with Gasteiger partial charge in [0.25, 0.3) is 0 Å². The Morgan fingerprint density at radius 3 is 2.54 bits per heavy atom. The molecular formula is C18H26FN3OS. The molecule has 1 atom stereocenters. The van der Waals surface area contributed by atoms with E-state index in [1.807, 2.05) is 23.3 Å². The molecule has 1 aromatic rings. The summed E-state index contributed by atoms with van der Waals surface area (Å²) in [6.07, 6.45) is 4.26. The van der Waals surface area contributed by atoms with Crippen LogP contribution in [-0.4, -0.2) is 73.0 Å². The van der Waals surface area contributed by atoms with Gasteiger partial charge in [0, 0.05) is 51.0 Å². The summed E-state index contributed by atoms with van der Waals surface area (Å²) in [5.74, 6) is 0.678. The molecule has 2 aliphatic rings. The van der Waals surface area contributed by atoms with Crippen LogP contribution in [0.15, 0.2) is 24.3 Å². The highest BCUT2D eigenvalue weighted by Gasteiger charge is 2.29. The van der Waals surface area contributed by atoms with E-state index in [2.05, 4.69) is 9.80 Å². The Hall–Kier alpha value is -1.27. The number of halogens is 1. The summed E-state index contributed by atoms with van der Waals surface area (Å²) in [6, 6.07) is 7.25. The van der Waals surface area contributed by atoms with Crippen molar-refractivity contribution >= 4 is 23.4 Å². The van der Waals surface area contributed by atoms with Gasteiger partial charge in [0.15, 0.2) is 0 Å². The Kier molecular flexibility index (Phi) is 6.00. The molecule has 0 N–H and O–H groups in total. The van der Waals surface area contributed by atoms with Crippen LogP contribution >= 0.6 is 11.8 Å². The molecule has 2 aliphatic heterocycles. The lowest BCUT2D eigenvalue weighted by Gasteiger charge is -2.44. The van der Waals surface area contributed by atoms with Gasteiger partial charge in [-0.3, -0.25) is 9.69 Å². The zero-order chi connectivity index (χ0) is 16.9. The Bertz CT molecular complexity index is 546. The van der Waals surface area contributed by atoms with E-state index in [0.29, 0.717) is 11.8 Å². The number of hydrogen-bond donors (Lipinski definition) is 0. The minimum atomic E-state index is -0.186. The van der Waals surface area contributed by atoms with Crippen LogP contribution in [0.4, 0.5) is 10.1 Å². The highest BCUT2D eigenvalue weighted by Crippen LogP contribution is 2.21. The fourth-order valence-electron chi connectivity index (χ4n) is 3.69. The fraction of sp³-hybridized carbons (Fsp3) is 0.611. The first-order valence-corrected chi connectivity index (χ1v) is 10.1. The lowest BCUT2D eigenvalue weighted by molar-refractivity contribution is -0.130. The molecule has 24 heavy (non-hydrogen) atoms. The first-order chi connectivity index (χ1) is 11.7. The number of carbonyl (C=O) groups excluding carboxylic acids is 1. The van der Waals surface area contributed by atoms with Gasteiger partial charge in [0.05, 0.1) is 5.75 Å². The van der Waals surface area contributed by atoms with E-state index in [1.165, 1.54) is 18.6 Å². The first-order valence-electron chi connectivity index (χ1n) is 8.68. The number of anilines is 1. The van der Waals surface area contributed by atoms with Gasteiger partial charge in [0.1, 0.15) is 5.82 Å². The molecule has 1 amide bonds. The Balaban J connectivity index is 1.52. The minimum Gasteiger partial charge on any atom is -0.369 e. The van der Waals surface area contributed by atoms with Gasteiger partial charge in [-0.2, -0.15) is 11.8 Å². The van der Waals surface area contributed by atoms with Crippen molar-refractivity contribution in [3.63, 3.8) is 0 Å². The van der Waals surface area contributed by atoms with Crippen LogP contribution in [0, 0.1) is 5.82 Å². The van der Waals surface area contributed by atoms with Crippen LogP contribution in [0.2, 0.25) is 0 Å². The molecule has 3 rings (SSSR count). The highest BCUT2D eigenvalue weighted by atomic mass is 32.2. The van der Waals surface area contributed by atoms with E-state index < -0.39 is 0 Å². The summed E-state index contributed by atoms with van der Waals surface area (Å²) in [7, 11) is 0. The molecule has 2 fully saturated rings. The maximum atomic E-state index is 13.1. The zero-order valence-corrected chi connectivity index (χ0v) is 15.1. The maximum absolute atomic E-state index is 13.1. The number of carbonyl (C=O) groups is 1. The van der Waals surface area contributed by atoms with Crippen LogP contribution in [0.25, 0.3) is 0 Å². The number of thioether (sulfide) groups is 1. The molecule has 0 saturated carbocycles.